The molecule has 1 aliphatic rings. The summed E-state index contributed by atoms with van der Waals surface area (Å²) >= 11 is 0. The second kappa shape index (κ2) is 10.1. The van der Waals surface area contributed by atoms with Crippen molar-refractivity contribution in [2.24, 2.45) is 17.8 Å². The topological polar surface area (TPSA) is 0 Å². The molecule has 0 bridgehead atoms. The Labute approximate surface area is 86.1 Å². The van der Waals surface area contributed by atoms with Gasteiger partial charge in [0.2, 0.25) is 0 Å². The summed E-state index contributed by atoms with van der Waals surface area (Å²) in [6.45, 7) is 15.1. The first kappa shape index (κ1) is 15.5. The van der Waals surface area contributed by atoms with Gasteiger partial charge in [0.05, 0.1) is 0 Å². The Hall–Kier alpha value is 0. The van der Waals surface area contributed by atoms with Crippen molar-refractivity contribution >= 4 is 0 Å². The lowest BCUT2D eigenvalue weighted by Gasteiger charge is -2.28. The van der Waals surface area contributed by atoms with Crippen LogP contribution in [0.2, 0.25) is 0 Å². The molecule has 0 aromatic rings. The zero-order valence-electron chi connectivity index (χ0n) is 10.9. The minimum Gasteiger partial charge on any atom is -0.0683 e. The lowest BCUT2D eigenvalue weighted by atomic mass is 9.78. The molecule has 1 saturated carbocycles. The van der Waals surface area contributed by atoms with Gasteiger partial charge in [-0.2, -0.15) is 0 Å². The minimum absolute atomic E-state index is 0.990. The molecule has 0 atom stereocenters. The summed E-state index contributed by atoms with van der Waals surface area (Å²) in [7, 11) is 0. The highest BCUT2D eigenvalue weighted by atomic mass is 14.3. The summed E-state index contributed by atoms with van der Waals surface area (Å²) in [6.07, 6.45) is 4.39. The van der Waals surface area contributed by atoms with Crippen molar-refractivity contribution in [3.8, 4) is 0 Å². The van der Waals surface area contributed by atoms with E-state index in [1.54, 1.807) is 0 Å². The van der Waals surface area contributed by atoms with Crippen LogP contribution in [-0.4, -0.2) is 0 Å². The fourth-order valence-corrected chi connectivity index (χ4v) is 2.35. The zero-order chi connectivity index (χ0) is 10.9. The van der Waals surface area contributed by atoms with Crippen molar-refractivity contribution in [2.45, 2.75) is 67.7 Å². The number of hydrogen-bond acceptors (Lipinski definition) is 0. The highest BCUT2D eigenvalue weighted by Crippen LogP contribution is 2.31. The van der Waals surface area contributed by atoms with Crippen LogP contribution < -0.4 is 0 Å². The fraction of sp³-hybridized carbons (Fsp3) is 1.00. The van der Waals surface area contributed by atoms with E-state index < -0.39 is 0 Å². The molecule has 0 heteroatoms. The molecule has 1 rings (SSSR count). The number of rotatable bonds is 0. The van der Waals surface area contributed by atoms with E-state index in [4.69, 9.17) is 0 Å². The van der Waals surface area contributed by atoms with Crippen LogP contribution in [0, 0.1) is 17.8 Å². The summed E-state index contributed by atoms with van der Waals surface area (Å²) in [5, 5.41) is 0. The van der Waals surface area contributed by atoms with E-state index in [1.165, 1.54) is 19.3 Å². The highest BCUT2D eigenvalue weighted by molar-refractivity contribution is 4.71. The van der Waals surface area contributed by atoms with Crippen LogP contribution in [0.1, 0.15) is 67.7 Å². The Bertz CT molecular complexity index is 61.0. The molecule has 0 heterocycles. The minimum atomic E-state index is 0.990. The Kier molecular flexibility index (Phi) is 12.0. The molecule has 0 aromatic carbocycles. The second-order valence-corrected chi connectivity index (χ2v) is 4.02. The van der Waals surface area contributed by atoms with E-state index >= 15 is 0 Å². The summed E-state index contributed by atoms with van der Waals surface area (Å²) < 4.78 is 0. The SMILES string of the molecule is CC.CC.CC1CC(C)CC(C)C1. The van der Waals surface area contributed by atoms with Gasteiger partial charge in [0.25, 0.3) is 0 Å². The molecule has 1 fully saturated rings. The molecule has 0 saturated heterocycles. The fourth-order valence-electron chi connectivity index (χ4n) is 2.35. The van der Waals surface area contributed by atoms with Crippen molar-refractivity contribution < 1.29 is 0 Å². The molecule has 1 aliphatic carbocycles. The quantitative estimate of drug-likeness (QED) is 0.492. The van der Waals surface area contributed by atoms with Crippen molar-refractivity contribution in [1.82, 2.24) is 0 Å². The summed E-state index contributed by atoms with van der Waals surface area (Å²) in [6, 6.07) is 0. The predicted molar refractivity (Wildman–Crippen MR) is 64.0 cm³/mol. The van der Waals surface area contributed by atoms with Gasteiger partial charge in [0.15, 0.2) is 0 Å². The first-order valence-corrected chi connectivity index (χ1v) is 6.18. The molecule has 0 aromatic heterocycles. The van der Waals surface area contributed by atoms with Gasteiger partial charge in [0, 0.05) is 0 Å². The van der Waals surface area contributed by atoms with E-state index in [2.05, 4.69) is 20.8 Å². The molecule has 0 N–H and O–H groups in total. The van der Waals surface area contributed by atoms with E-state index in [1.807, 2.05) is 27.7 Å². The highest BCUT2D eigenvalue weighted by Gasteiger charge is 2.19. The van der Waals surface area contributed by atoms with E-state index in [0.717, 1.165) is 17.8 Å². The van der Waals surface area contributed by atoms with Gasteiger partial charge in [0.1, 0.15) is 0 Å². The van der Waals surface area contributed by atoms with Gasteiger partial charge in [-0.3, -0.25) is 0 Å². The van der Waals surface area contributed by atoms with Gasteiger partial charge < -0.3 is 0 Å². The third kappa shape index (κ3) is 8.33. The van der Waals surface area contributed by atoms with Gasteiger partial charge in [-0.25, -0.2) is 0 Å². The van der Waals surface area contributed by atoms with Gasteiger partial charge in [-0.1, -0.05) is 48.5 Å². The van der Waals surface area contributed by atoms with Crippen LogP contribution in [0.4, 0.5) is 0 Å². The third-order valence-electron chi connectivity index (χ3n) is 2.41. The maximum atomic E-state index is 2.38. The van der Waals surface area contributed by atoms with Crippen LogP contribution in [-0.2, 0) is 0 Å². The average Bonchev–Trinajstić information content (AvgIpc) is 2.09. The molecular weight excluding hydrogens is 156 g/mol. The van der Waals surface area contributed by atoms with E-state index in [9.17, 15) is 0 Å². The first-order chi connectivity index (χ1) is 6.18. The van der Waals surface area contributed by atoms with Gasteiger partial charge in [-0.05, 0) is 37.0 Å². The van der Waals surface area contributed by atoms with Crippen molar-refractivity contribution in [3.05, 3.63) is 0 Å². The maximum absolute atomic E-state index is 2.38. The van der Waals surface area contributed by atoms with Crippen LogP contribution in [0.5, 0.6) is 0 Å². The normalized spacial score (nSPS) is 32.1. The molecule has 13 heavy (non-hydrogen) atoms. The Morgan fingerprint density at radius 3 is 0.846 bits per heavy atom. The lowest BCUT2D eigenvalue weighted by Crippen LogP contribution is -2.16. The predicted octanol–water partition coefficient (Wildman–Crippen LogP) is 5.13. The smallest absolute Gasteiger partial charge is 0.0438 e. The molecule has 0 spiro atoms. The summed E-state index contributed by atoms with van der Waals surface area (Å²) in [4.78, 5) is 0. The van der Waals surface area contributed by atoms with Gasteiger partial charge >= 0.3 is 0 Å². The van der Waals surface area contributed by atoms with Crippen LogP contribution in [0.3, 0.4) is 0 Å². The molecule has 0 radical (unpaired) electrons. The Morgan fingerprint density at radius 2 is 0.692 bits per heavy atom. The standard InChI is InChI=1S/C9H18.2C2H6/c1-7-4-8(2)6-9(3)5-7;2*1-2/h7-9H,4-6H2,1-3H3;2*1-2H3. The monoisotopic (exact) mass is 186 g/mol. The van der Waals surface area contributed by atoms with Crippen LogP contribution >= 0.6 is 0 Å². The molecule has 0 aliphatic heterocycles. The number of hydrogen-bond donors (Lipinski definition) is 0. The van der Waals surface area contributed by atoms with Crippen molar-refractivity contribution in [3.63, 3.8) is 0 Å². The first-order valence-electron chi connectivity index (χ1n) is 6.18. The lowest BCUT2D eigenvalue weighted by molar-refractivity contribution is 0.233. The van der Waals surface area contributed by atoms with Crippen molar-refractivity contribution in [1.29, 1.82) is 0 Å². The zero-order valence-corrected chi connectivity index (χ0v) is 10.9. The van der Waals surface area contributed by atoms with E-state index in [0.29, 0.717) is 0 Å². The van der Waals surface area contributed by atoms with Crippen molar-refractivity contribution in [2.75, 3.05) is 0 Å². The maximum Gasteiger partial charge on any atom is -0.0438 e. The Balaban J connectivity index is 0. The molecule has 0 nitrogen and oxygen atoms in total. The molecule has 0 unspecified atom stereocenters. The molecule has 82 valence electrons. The summed E-state index contributed by atoms with van der Waals surface area (Å²) in [5.41, 5.74) is 0. The molecule has 0 amide bonds. The summed E-state index contributed by atoms with van der Waals surface area (Å²) in [5.74, 6) is 2.97. The molecular formula is C13H30. The van der Waals surface area contributed by atoms with E-state index in [-0.39, 0.29) is 0 Å². The van der Waals surface area contributed by atoms with Crippen LogP contribution in [0.25, 0.3) is 0 Å². The van der Waals surface area contributed by atoms with Crippen LogP contribution in [0.15, 0.2) is 0 Å². The third-order valence-corrected chi connectivity index (χ3v) is 2.41. The Morgan fingerprint density at radius 1 is 0.538 bits per heavy atom. The van der Waals surface area contributed by atoms with Gasteiger partial charge in [-0.15, -0.1) is 0 Å². The largest absolute Gasteiger partial charge is 0.0683 e. The average molecular weight is 186 g/mol. The second-order valence-electron chi connectivity index (χ2n) is 4.02.